The molecule has 1 aromatic heterocycles. The average molecular weight is 265 g/mol. The quantitative estimate of drug-likeness (QED) is 0.843. The summed E-state index contributed by atoms with van der Waals surface area (Å²) in [6, 6.07) is 11.6. The van der Waals surface area contributed by atoms with Crippen molar-refractivity contribution in [1.29, 1.82) is 0 Å². The molecule has 1 atom stereocenters. The molecule has 4 heteroatoms. The summed E-state index contributed by atoms with van der Waals surface area (Å²) in [6.45, 7) is 0. The summed E-state index contributed by atoms with van der Waals surface area (Å²) in [5.41, 5.74) is 0.808. The first-order valence-electron chi connectivity index (χ1n) is 5.96. The van der Waals surface area contributed by atoms with Crippen LogP contribution in [0.2, 0.25) is 0 Å². The largest absolute Gasteiger partial charge is 0.385 e. The van der Waals surface area contributed by atoms with Crippen LogP contribution in [-0.2, 0) is 19.1 Å². The Hall–Kier alpha value is -1.32. The molecule has 96 valence electrons. The van der Waals surface area contributed by atoms with Crippen LogP contribution in [0.1, 0.15) is 17.7 Å². The Bertz CT molecular complexity index is 498. The minimum atomic E-state index is -0.947. The number of rotatable bonds is 5. The highest BCUT2D eigenvalue weighted by Gasteiger charge is 2.29. The number of alkyl halides is 1. The molecule has 0 aliphatic heterocycles. The van der Waals surface area contributed by atoms with E-state index in [2.05, 4.69) is 5.10 Å². The molecule has 0 aliphatic rings. The van der Waals surface area contributed by atoms with Crippen molar-refractivity contribution in [2.45, 2.75) is 18.4 Å². The van der Waals surface area contributed by atoms with Crippen LogP contribution >= 0.6 is 11.6 Å². The number of halogens is 1. The molecular formula is C14H17ClN2O. The molecular weight excluding hydrogens is 248 g/mol. The topological polar surface area (TPSA) is 38.0 Å². The molecule has 1 heterocycles. The Morgan fingerprint density at radius 2 is 2.00 bits per heavy atom. The third-order valence-corrected chi connectivity index (χ3v) is 3.25. The normalized spacial score (nSPS) is 14.4. The van der Waals surface area contributed by atoms with Crippen LogP contribution in [0, 0.1) is 0 Å². The first-order valence-corrected chi connectivity index (χ1v) is 6.50. The van der Waals surface area contributed by atoms with Crippen molar-refractivity contribution in [3.63, 3.8) is 0 Å². The molecule has 1 unspecified atom stereocenters. The maximum absolute atomic E-state index is 10.8. The molecule has 2 rings (SSSR count). The molecule has 0 amide bonds. The van der Waals surface area contributed by atoms with E-state index in [-0.39, 0.29) is 0 Å². The van der Waals surface area contributed by atoms with Gasteiger partial charge in [-0.2, -0.15) is 5.10 Å². The monoisotopic (exact) mass is 264 g/mol. The number of hydrogen-bond donors (Lipinski definition) is 1. The summed E-state index contributed by atoms with van der Waals surface area (Å²) in [6.07, 6.45) is 2.86. The Morgan fingerprint density at radius 3 is 2.56 bits per heavy atom. The summed E-state index contributed by atoms with van der Waals surface area (Å²) in [7, 11) is 1.87. The zero-order valence-corrected chi connectivity index (χ0v) is 11.1. The molecule has 1 N–H and O–H groups in total. The van der Waals surface area contributed by atoms with Gasteiger partial charge in [-0.1, -0.05) is 30.3 Å². The third kappa shape index (κ3) is 2.92. The average Bonchev–Trinajstić information content (AvgIpc) is 2.76. The number of aromatic nitrogens is 2. The molecule has 1 aromatic carbocycles. The van der Waals surface area contributed by atoms with Gasteiger partial charge in [0.25, 0.3) is 0 Å². The van der Waals surface area contributed by atoms with Crippen LogP contribution in [0.3, 0.4) is 0 Å². The van der Waals surface area contributed by atoms with Crippen molar-refractivity contribution in [1.82, 2.24) is 9.78 Å². The zero-order valence-electron chi connectivity index (χ0n) is 10.4. The smallest absolute Gasteiger partial charge is 0.0963 e. The van der Waals surface area contributed by atoms with Crippen molar-refractivity contribution in [3.05, 3.63) is 53.9 Å². The van der Waals surface area contributed by atoms with E-state index >= 15 is 0 Å². The first kappa shape index (κ1) is 13.1. The fraction of sp³-hybridized carbons (Fsp3) is 0.357. The minimum Gasteiger partial charge on any atom is -0.385 e. The van der Waals surface area contributed by atoms with E-state index in [0.29, 0.717) is 18.7 Å². The van der Waals surface area contributed by atoms with Crippen molar-refractivity contribution in [3.8, 4) is 0 Å². The lowest BCUT2D eigenvalue weighted by Gasteiger charge is -2.27. The minimum absolute atomic E-state index is 0.415. The van der Waals surface area contributed by atoms with Gasteiger partial charge in [0.15, 0.2) is 0 Å². The maximum Gasteiger partial charge on any atom is 0.0963 e. The molecule has 18 heavy (non-hydrogen) atoms. The van der Waals surface area contributed by atoms with Gasteiger partial charge in [0.1, 0.15) is 0 Å². The van der Waals surface area contributed by atoms with Crippen LogP contribution in [-0.4, -0.2) is 20.8 Å². The maximum atomic E-state index is 10.8. The molecule has 0 spiro atoms. The second kappa shape index (κ2) is 5.55. The summed E-state index contributed by atoms with van der Waals surface area (Å²) in [4.78, 5) is 0. The second-order valence-corrected chi connectivity index (χ2v) is 4.87. The molecule has 0 saturated heterocycles. The zero-order chi connectivity index (χ0) is 13.0. The Labute approximate surface area is 112 Å². The highest BCUT2D eigenvalue weighted by Crippen LogP contribution is 2.29. The van der Waals surface area contributed by atoms with E-state index in [1.54, 1.807) is 4.68 Å². The summed E-state index contributed by atoms with van der Waals surface area (Å²) >= 11 is 5.82. The molecule has 0 radical (unpaired) electrons. The van der Waals surface area contributed by atoms with E-state index in [1.165, 1.54) is 0 Å². The van der Waals surface area contributed by atoms with Gasteiger partial charge in [0.2, 0.25) is 0 Å². The number of hydrogen-bond acceptors (Lipinski definition) is 2. The third-order valence-electron chi connectivity index (χ3n) is 3.06. The van der Waals surface area contributed by atoms with E-state index in [0.717, 1.165) is 11.3 Å². The fourth-order valence-electron chi connectivity index (χ4n) is 2.10. The molecule has 0 fully saturated rings. The van der Waals surface area contributed by atoms with Crippen molar-refractivity contribution in [2.24, 2.45) is 7.05 Å². The van der Waals surface area contributed by atoms with Gasteiger partial charge in [0, 0.05) is 25.5 Å². The second-order valence-electron chi connectivity index (χ2n) is 4.49. The Balaban J connectivity index is 2.26. The highest BCUT2D eigenvalue weighted by molar-refractivity contribution is 6.17. The molecule has 0 saturated carbocycles. The molecule has 0 aliphatic carbocycles. The number of nitrogens with zero attached hydrogens (tertiary/aromatic N) is 2. The first-order chi connectivity index (χ1) is 8.64. The summed E-state index contributed by atoms with van der Waals surface area (Å²) < 4.78 is 1.74. The molecule has 0 bridgehead atoms. The van der Waals surface area contributed by atoms with Gasteiger partial charge in [0.05, 0.1) is 11.3 Å². The van der Waals surface area contributed by atoms with Gasteiger partial charge in [-0.15, -0.1) is 11.6 Å². The summed E-state index contributed by atoms with van der Waals surface area (Å²) in [5, 5.41) is 15.1. The predicted molar refractivity (Wildman–Crippen MR) is 72.6 cm³/mol. The van der Waals surface area contributed by atoms with Crippen LogP contribution in [0.5, 0.6) is 0 Å². The van der Waals surface area contributed by atoms with Crippen molar-refractivity contribution >= 4 is 11.6 Å². The standard InChI is InChI=1S/C14H17ClN2O/c1-17-10-7-13(16-17)11-14(18,8-9-15)12-5-3-2-4-6-12/h2-7,10,18H,8-9,11H2,1H3. The van der Waals surface area contributed by atoms with Crippen LogP contribution in [0.25, 0.3) is 0 Å². The molecule has 3 nitrogen and oxygen atoms in total. The van der Waals surface area contributed by atoms with Gasteiger partial charge in [-0.05, 0) is 18.1 Å². The van der Waals surface area contributed by atoms with E-state index in [4.69, 9.17) is 11.6 Å². The van der Waals surface area contributed by atoms with Gasteiger partial charge in [-0.3, -0.25) is 4.68 Å². The van der Waals surface area contributed by atoms with Crippen molar-refractivity contribution in [2.75, 3.05) is 5.88 Å². The van der Waals surface area contributed by atoms with Gasteiger partial charge >= 0.3 is 0 Å². The van der Waals surface area contributed by atoms with Crippen molar-refractivity contribution < 1.29 is 5.11 Å². The summed E-state index contributed by atoms with van der Waals surface area (Å²) in [5.74, 6) is 0.415. The Kier molecular flexibility index (Phi) is 4.04. The SMILES string of the molecule is Cn1ccc(CC(O)(CCCl)c2ccccc2)n1. The van der Waals surface area contributed by atoms with Gasteiger partial charge < -0.3 is 5.11 Å². The predicted octanol–water partition coefficient (Wildman–Crippen LogP) is 2.48. The van der Waals surface area contributed by atoms with Crippen LogP contribution in [0.15, 0.2) is 42.6 Å². The lowest BCUT2D eigenvalue weighted by atomic mass is 9.87. The van der Waals surface area contributed by atoms with E-state index in [1.807, 2.05) is 49.6 Å². The number of aliphatic hydroxyl groups is 1. The lowest BCUT2D eigenvalue weighted by Crippen LogP contribution is -2.29. The van der Waals surface area contributed by atoms with E-state index in [9.17, 15) is 5.11 Å². The lowest BCUT2D eigenvalue weighted by molar-refractivity contribution is 0.0326. The number of benzene rings is 1. The number of aryl methyl sites for hydroxylation is 1. The van der Waals surface area contributed by atoms with Crippen LogP contribution < -0.4 is 0 Å². The fourth-order valence-corrected chi connectivity index (χ4v) is 2.41. The van der Waals surface area contributed by atoms with Gasteiger partial charge in [-0.25, -0.2) is 0 Å². The highest BCUT2D eigenvalue weighted by atomic mass is 35.5. The Morgan fingerprint density at radius 1 is 1.28 bits per heavy atom. The van der Waals surface area contributed by atoms with Crippen LogP contribution in [0.4, 0.5) is 0 Å². The van der Waals surface area contributed by atoms with E-state index < -0.39 is 5.60 Å². The molecule has 2 aromatic rings.